The number of carbonyl (C=O) groups is 1. The van der Waals surface area contributed by atoms with Crippen LogP contribution in [0.25, 0.3) is 0 Å². The fraction of sp³-hybridized carbons (Fsp3) is 0.455. The maximum absolute atomic E-state index is 11.3. The average molecular weight is 272 g/mol. The Labute approximate surface area is 110 Å². The largest absolute Gasteiger partial charge is 0.465 e. The molecule has 4 N–H and O–H groups in total. The first kappa shape index (κ1) is 14.7. The molecule has 0 aliphatic rings. The van der Waals surface area contributed by atoms with Gasteiger partial charge in [0, 0.05) is 11.8 Å². The number of hydrogen-bond acceptors (Lipinski definition) is 7. The van der Waals surface area contributed by atoms with Crippen LogP contribution in [0.5, 0.6) is 0 Å². The highest BCUT2D eigenvalue weighted by Gasteiger charge is 2.22. The summed E-state index contributed by atoms with van der Waals surface area (Å²) in [6.07, 6.45) is -0.678. The lowest BCUT2D eigenvalue weighted by Crippen LogP contribution is -2.21. The lowest BCUT2D eigenvalue weighted by atomic mass is 10.0. The van der Waals surface area contributed by atoms with Crippen molar-refractivity contribution in [2.24, 2.45) is 0 Å². The van der Waals surface area contributed by atoms with E-state index in [1.165, 1.54) is 19.4 Å². The maximum atomic E-state index is 11.3. The minimum Gasteiger partial charge on any atom is -0.465 e. The van der Waals surface area contributed by atoms with Crippen molar-refractivity contribution in [1.29, 1.82) is 0 Å². The van der Waals surface area contributed by atoms with Crippen molar-refractivity contribution in [1.82, 2.24) is 4.98 Å². The monoisotopic (exact) mass is 272 g/mol. The Morgan fingerprint density at radius 3 is 2.83 bits per heavy atom. The number of rotatable bonds is 5. The number of pyridine rings is 1. The van der Waals surface area contributed by atoms with Crippen LogP contribution in [0.15, 0.2) is 12.3 Å². The molecular formula is C11H16N2O4S. The van der Waals surface area contributed by atoms with Gasteiger partial charge in [0.1, 0.15) is 11.9 Å². The van der Waals surface area contributed by atoms with Gasteiger partial charge in [-0.25, -0.2) is 9.78 Å². The van der Waals surface area contributed by atoms with Crippen LogP contribution in [0, 0.1) is 0 Å². The van der Waals surface area contributed by atoms with E-state index >= 15 is 0 Å². The number of anilines is 1. The predicted octanol–water partition coefficient (Wildman–Crippen LogP) is 0.165. The number of esters is 1. The molecule has 0 amide bonds. The molecular weight excluding hydrogens is 256 g/mol. The summed E-state index contributed by atoms with van der Waals surface area (Å²) in [4.78, 5) is 15.1. The van der Waals surface area contributed by atoms with Gasteiger partial charge in [-0.15, -0.1) is 0 Å². The molecule has 1 aromatic rings. The molecule has 0 radical (unpaired) electrons. The van der Waals surface area contributed by atoms with Crippen LogP contribution in [-0.2, 0) is 4.74 Å². The van der Waals surface area contributed by atoms with Gasteiger partial charge in [-0.1, -0.05) is 0 Å². The van der Waals surface area contributed by atoms with Crippen LogP contribution in [0.2, 0.25) is 0 Å². The normalized spacial score (nSPS) is 14.0. The standard InChI is InChI=1S/C11H16N2O4S/c1-17-11(16)6-4-7(10(12)13-5-6)9(15)8(14)2-3-18/h4-5,8-9,14-15,18H,2-3H2,1H3,(H2,12,13). The summed E-state index contributed by atoms with van der Waals surface area (Å²) in [5.74, 6) is -0.101. The summed E-state index contributed by atoms with van der Waals surface area (Å²) in [6, 6.07) is 1.36. The number of nitrogen functional groups attached to an aromatic ring is 1. The van der Waals surface area contributed by atoms with Gasteiger partial charge < -0.3 is 20.7 Å². The molecule has 100 valence electrons. The second-order valence-corrected chi connectivity index (χ2v) is 4.16. The van der Waals surface area contributed by atoms with Crippen LogP contribution in [0.3, 0.4) is 0 Å². The Hall–Kier alpha value is -1.31. The number of aromatic nitrogens is 1. The third-order valence-corrected chi connectivity index (χ3v) is 2.74. The number of aliphatic hydroxyl groups excluding tert-OH is 2. The van der Waals surface area contributed by atoms with Gasteiger partial charge in [0.15, 0.2) is 0 Å². The van der Waals surface area contributed by atoms with Crippen molar-refractivity contribution in [3.8, 4) is 0 Å². The fourth-order valence-electron chi connectivity index (χ4n) is 1.46. The van der Waals surface area contributed by atoms with Crippen molar-refractivity contribution < 1.29 is 19.7 Å². The highest BCUT2D eigenvalue weighted by atomic mass is 32.1. The minimum absolute atomic E-state index is 0.0633. The van der Waals surface area contributed by atoms with Crippen LogP contribution in [-0.4, -0.2) is 40.1 Å². The molecule has 0 aromatic carbocycles. The molecule has 1 rings (SSSR count). The van der Waals surface area contributed by atoms with E-state index in [4.69, 9.17) is 5.73 Å². The Morgan fingerprint density at radius 1 is 1.61 bits per heavy atom. The Morgan fingerprint density at radius 2 is 2.28 bits per heavy atom. The summed E-state index contributed by atoms with van der Waals surface area (Å²) in [5, 5.41) is 19.6. The van der Waals surface area contributed by atoms with Gasteiger partial charge in [0.2, 0.25) is 0 Å². The number of ether oxygens (including phenoxy) is 1. The molecule has 1 heterocycles. The predicted molar refractivity (Wildman–Crippen MR) is 69.4 cm³/mol. The number of carbonyl (C=O) groups excluding carboxylic acids is 1. The smallest absolute Gasteiger partial charge is 0.339 e. The van der Waals surface area contributed by atoms with Crippen molar-refractivity contribution >= 4 is 24.4 Å². The minimum atomic E-state index is -1.21. The summed E-state index contributed by atoms with van der Waals surface area (Å²) in [7, 11) is 1.24. The van der Waals surface area contributed by atoms with Gasteiger partial charge in [-0.2, -0.15) is 12.6 Å². The van der Waals surface area contributed by atoms with E-state index in [1.54, 1.807) is 0 Å². The molecule has 0 fully saturated rings. The highest BCUT2D eigenvalue weighted by molar-refractivity contribution is 7.80. The highest BCUT2D eigenvalue weighted by Crippen LogP contribution is 2.24. The average Bonchev–Trinajstić information content (AvgIpc) is 2.37. The van der Waals surface area contributed by atoms with Crippen molar-refractivity contribution in [3.63, 3.8) is 0 Å². The number of nitrogens with zero attached hydrogens (tertiary/aromatic N) is 1. The van der Waals surface area contributed by atoms with Gasteiger partial charge in [0.05, 0.1) is 18.8 Å². The molecule has 2 atom stereocenters. The van der Waals surface area contributed by atoms with Crippen LogP contribution in [0.1, 0.15) is 28.4 Å². The van der Waals surface area contributed by atoms with E-state index < -0.39 is 18.2 Å². The lowest BCUT2D eigenvalue weighted by molar-refractivity contribution is 0.0174. The second kappa shape index (κ2) is 6.58. The molecule has 0 bridgehead atoms. The van der Waals surface area contributed by atoms with Gasteiger partial charge in [-0.3, -0.25) is 0 Å². The van der Waals surface area contributed by atoms with E-state index in [0.717, 1.165) is 0 Å². The number of thiol groups is 1. The number of aliphatic hydroxyl groups is 2. The first-order valence-electron chi connectivity index (χ1n) is 5.32. The third-order valence-electron chi connectivity index (χ3n) is 2.48. The van der Waals surface area contributed by atoms with Crippen molar-refractivity contribution in [2.45, 2.75) is 18.6 Å². The summed E-state index contributed by atoms with van der Waals surface area (Å²) < 4.78 is 4.54. The molecule has 2 unspecified atom stereocenters. The molecule has 0 aliphatic carbocycles. The molecule has 6 nitrogen and oxygen atoms in total. The second-order valence-electron chi connectivity index (χ2n) is 3.71. The van der Waals surface area contributed by atoms with E-state index in [0.29, 0.717) is 12.2 Å². The summed E-state index contributed by atoms with van der Waals surface area (Å²) in [6.45, 7) is 0. The molecule has 1 aromatic heterocycles. The number of nitrogens with two attached hydrogens (primary N) is 1. The maximum Gasteiger partial charge on any atom is 0.339 e. The molecule has 0 spiro atoms. The lowest BCUT2D eigenvalue weighted by Gasteiger charge is -2.18. The van der Waals surface area contributed by atoms with E-state index in [1.807, 2.05) is 0 Å². The van der Waals surface area contributed by atoms with Gasteiger partial charge >= 0.3 is 5.97 Å². The molecule has 0 aliphatic heterocycles. The fourth-order valence-corrected chi connectivity index (χ4v) is 1.72. The molecule has 0 saturated heterocycles. The quantitative estimate of drug-likeness (QED) is 0.449. The summed E-state index contributed by atoms with van der Waals surface area (Å²) >= 11 is 3.97. The third kappa shape index (κ3) is 3.34. The van der Waals surface area contributed by atoms with E-state index in [2.05, 4.69) is 22.3 Å². The van der Waals surface area contributed by atoms with E-state index in [-0.39, 0.29) is 16.9 Å². The molecule has 0 saturated carbocycles. The van der Waals surface area contributed by atoms with Gasteiger partial charge in [-0.05, 0) is 18.2 Å². The van der Waals surface area contributed by atoms with Gasteiger partial charge in [0.25, 0.3) is 0 Å². The molecule has 18 heavy (non-hydrogen) atoms. The number of hydrogen-bond donors (Lipinski definition) is 4. The summed E-state index contributed by atoms with van der Waals surface area (Å²) in [5.41, 5.74) is 5.98. The van der Waals surface area contributed by atoms with Crippen molar-refractivity contribution in [3.05, 3.63) is 23.4 Å². The Balaban J connectivity index is 3.03. The zero-order valence-corrected chi connectivity index (χ0v) is 10.8. The van der Waals surface area contributed by atoms with Crippen LogP contribution >= 0.6 is 12.6 Å². The molecule has 7 heteroatoms. The first-order chi connectivity index (χ1) is 8.51. The van der Waals surface area contributed by atoms with E-state index in [9.17, 15) is 15.0 Å². The first-order valence-corrected chi connectivity index (χ1v) is 5.95. The Bertz CT molecular complexity index is 428. The van der Waals surface area contributed by atoms with Crippen molar-refractivity contribution in [2.75, 3.05) is 18.6 Å². The zero-order valence-electron chi connectivity index (χ0n) is 9.91. The number of methoxy groups -OCH3 is 1. The topological polar surface area (TPSA) is 106 Å². The SMILES string of the molecule is COC(=O)c1cnc(N)c(C(O)C(O)CCS)c1. The van der Waals surface area contributed by atoms with Crippen LogP contribution < -0.4 is 5.73 Å². The van der Waals surface area contributed by atoms with Crippen LogP contribution in [0.4, 0.5) is 5.82 Å². The Kier molecular flexibility index (Phi) is 5.39. The zero-order chi connectivity index (χ0) is 13.7.